The Labute approximate surface area is 169 Å². The Morgan fingerprint density at radius 2 is 1.41 bits per heavy atom. The van der Waals surface area contributed by atoms with Crippen LogP contribution < -0.4 is 5.32 Å². The molecule has 6 nitrogen and oxygen atoms in total. The first-order valence-electron chi connectivity index (χ1n) is 9.70. The zero-order chi connectivity index (χ0) is 20.9. The van der Waals surface area contributed by atoms with Gasteiger partial charge in [0.25, 0.3) is 0 Å². The standard InChI is InChI=1S/C23H23N3O3/c1-21(2)22(3)13-14-23(21,19(28)18(22)27)20(29)24-15-9-11-17(12-10-15)26-25-16-7-5-4-6-8-16/h4-12H,13-14H2,1-3H3,(H,24,29). The van der Waals surface area contributed by atoms with Crippen molar-refractivity contribution in [2.45, 2.75) is 33.6 Å². The molecule has 29 heavy (non-hydrogen) atoms. The van der Waals surface area contributed by atoms with Gasteiger partial charge >= 0.3 is 0 Å². The van der Waals surface area contributed by atoms with Crippen LogP contribution in [0.2, 0.25) is 0 Å². The molecule has 0 radical (unpaired) electrons. The fourth-order valence-electron chi connectivity index (χ4n) is 4.73. The molecule has 148 valence electrons. The van der Waals surface area contributed by atoms with Gasteiger partial charge in [0.15, 0.2) is 0 Å². The van der Waals surface area contributed by atoms with E-state index in [1.54, 1.807) is 24.3 Å². The van der Waals surface area contributed by atoms with Gasteiger partial charge in [0, 0.05) is 11.1 Å². The normalized spacial score (nSPS) is 27.6. The summed E-state index contributed by atoms with van der Waals surface area (Å²) in [5, 5.41) is 11.2. The summed E-state index contributed by atoms with van der Waals surface area (Å²) in [4.78, 5) is 38.5. The molecule has 2 aromatic rings. The van der Waals surface area contributed by atoms with E-state index < -0.39 is 33.7 Å². The monoisotopic (exact) mass is 389 g/mol. The van der Waals surface area contributed by atoms with Gasteiger partial charge < -0.3 is 5.32 Å². The maximum Gasteiger partial charge on any atom is 0.239 e. The largest absolute Gasteiger partial charge is 0.325 e. The summed E-state index contributed by atoms with van der Waals surface area (Å²) in [5.41, 5.74) is -0.846. The summed E-state index contributed by atoms with van der Waals surface area (Å²) in [6.45, 7) is 5.52. The second-order valence-electron chi connectivity index (χ2n) is 8.56. The van der Waals surface area contributed by atoms with Crippen LogP contribution in [0, 0.1) is 16.2 Å². The number of anilines is 1. The number of rotatable bonds is 4. The molecule has 2 fully saturated rings. The second-order valence-corrected chi connectivity index (χ2v) is 8.56. The summed E-state index contributed by atoms with van der Waals surface area (Å²) in [5.74, 6) is -1.37. The predicted molar refractivity (Wildman–Crippen MR) is 109 cm³/mol. The number of ketones is 2. The quantitative estimate of drug-likeness (QED) is 0.453. The fraction of sp³-hybridized carbons (Fsp3) is 0.348. The first-order chi connectivity index (χ1) is 13.7. The first-order valence-corrected chi connectivity index (χ1v) is 9.70. The number of benzene rings is 2. The van der Waals surface area contributed by atoms with Crippen LogP contribution in [-0.2, 0) is 14.4 Å². The van der Waals surface area contributed by atoms with E-state index in [0.717, 1.165) is 5.69 Å². The smallest absolute Gasteiger partial charge is 0.239 e. The third kappa shape index (κ3) is 2.58. The van der Waals surface area contributed by atoms with Crippen molar-refractivity contribution in [3.05, 3.63) is 54.6 Å². The molecule has 4 rings (SSSR count). The second kappa shape index (κ2) is 6.44. The van der Waals surface area contributed by atoms with Crippen molar-refractivity contribution in [3.63, 3.8) is 0 Å². The first kappa shape index (κ1) is 19.2. The van der Waals surface area contributed by atoms with Gasteiger partial charge in [0.05, 0.1) is 11.4 Å². The van der Waals surface area contributed by atoms with Crippen molar-refractivity contribution in [2.75, 3.05) is 5.32 Å². The summed E-state index contributed by atoms with van der Waals surface area (Å²) >= 11 is 0. The number of carbonyl (C=O) groups excluding carboxylic acids is 3. The Morgan fingerprint density at radius 1 is 0.828 bits per heavy atom. The minimum absolute atomic E-state index is 0.399. The number of azo groups is 1. The lowest BCUT2D eigenvalue weighted by molar-refractivity contribution is -0.147. The minimum Gasteiger partial charge on any atom is -0.325 e. The molecule has 2 aromatic carbocycles. The highest BCUT2D eigenvalue weighted by Gasteiger charge is 2.77. The van der Waals surface area contributed by atoms with Crippen LogP contribution in [0.4, 0.5) is 17.1 Å². The van der Waals surface area contributed by atoms with E-state index in [-0.39, 0.29) is 0 Å². The number of carbonyl (C=O) groups is 3. The number of nitrogens with zero attached hydrogens (tertiary/aromatic N) is 2. The van der Waals surface area contributed by atoms with Crippen molar-refractivity contribution in [3.8, 4) is 0 Å². The minimum atomic E-state index is -1.30. The van der Waals surface area contributed by atoms with Gasteiger partial charge in [-0.15, -0.1) is 0 Å². The summed E-state index contributed by atoms with van der Waals surface area (Å²) in [7, 11) is 0. The lowest BCUT2D eigenvalue weighted by Gasteiger charge is -2.37. The van der Waals surface area contributed by atoms with Crippen LogP contribution >= 0.6 is 0 Å². The topological polar surface area (TPSA) is 88.0 Å². The van der Waals surface area contributed by atoms with Crippen molar-refractivity contribution in [1.29, 1.82) is 0 Å². The van der Waals surface area contributed by atoms with E-state index in [9.17, 15) is 14.4 Å². The van der Waals surface area contributed by atoms with Gasteiger partial charge in [-0.1, -0.05) is 39.0 Å². The van der Waals surface area contributed by atoms with Gasteiger partial charge in [-0.2, -0.15) is 10.2 Å². The number of hydrogen-bond acceptors (Lipinski definition) is 5. The highest BCUT2D eigenvalue weighted by molar-refractivity contribution is 6.49. The molecule has 0 aromatic heterocycles. The number of Topliss-reactive ketones (excluding diaryl/α,β-unsaturated/α-hetero) is 2. The van der Waals surface area contributed by atoms with Crippen LogP contribution in [-0.4, -0.2) is 17.5 Å². The molecule has 2 aliphatic rings. The average Bonchev–Trinajstić information content (AvgIpc) is 2.99. The molecule has 2 saturated carbocycles. The number of amides is 1. The molecule has 1 N–H and O–H groups in total. The molecule has 0 heterocycles. The molecular weight excluding hydrogens is 366 g/mol. The van der Waals surface area contributed by atoms with Crippen LogP contribution in [0.3, 0.4) is 0 Å². The van der Waals surface area contributed by atoms with Crippen molar-refractivity contribution < 1.29 is 14.4 Å². The van der Waals surface area contributed by atoms with Crippen LogP contribution in [0.15, 0.2) is 64.8 Å². The summed E-state index contributed by atoms with van der Waals surface area (Å²) < 4.78 is 0. The van der Waals surface area contributed by atoms with E-state index in [4.69, 9.17) is 0 Å². The molecule has 6 heteroatoms. The maximum atomic E-state index is 13.2. The molecule has 0 saturated heterocycles. The zero-order valence-electron chi connectivity index (χ0n) is 16.7. The summed E-state index contributed by atoms with van der Waals surface area (Å²) in [6, 6.07) is 16.3. The van der Waals surface area contributed by atoms with E-state index in [0.29, 0.717) is 24.2 Å². The van der Waals surface area contributed by atoms with Crippen molar-refractivity contribution in [1.82, 2.24) is 0 Å². The lowest BCUT2D eigenvalue weighted by atomic mass is 9.64. The van der Waals surface area contributed by atoms with Crippen LogP contribution in [0.1, 0.15) is 33.6 Å². The Morgan fingerprint density at radius 3 is 1.97 bits per heavy atom. The van der Waals surface area contributed by atoms with Gasteiger partial charge in [-0.3, -0.25) is 14.4 Å². The maximum absolute atomic E-state index is 13.2. The number of nitrogens with one attached hydrogen (secondary N) is 1. The van der Waals surface area contributed by atoms with Crippen molar-refractivity contribution in [2.24, 2.45) is 26.5 Å². The molecule has 2 bridgehead atoms. The lowest BCUT2D eigenvalue weighted by Crippen LogP contribution is -2.47. The average molecular weight is 389 g/mol. The molecule has 2 aliphatic carbocycles. The summed E-state index contributed by atoms with van der Waals surface area (Å²) in [6.07, 6.45) is 0.951. The Hall–Kier alpha value is -3.15. The van der Waals surface area contributed by atoms with E-state index >= 15 is 0 Å². The molecular formula is C23H23N3O3. The van der Waals surface area contributed by atoms with E-state index in [2.05, 4.69) is 15.5 Å². The van der Waals surface area contributed by atoms with Gasteiger partial charge in [-0.05, 0) is 54.7 Å². The molecule has 2 unspecified atom stereocenters. The Bertz CT molecular complexity index is 1030. The Kier molecular flexibility index (Phi) is 4.26. The van der Waals surface area contributed by atoms with E-state index in [1.807, 2.05) is 51.1 Å². The highest BCUT2D eigenvalue weighted by atomic mass is 16.2. The third-order valence-electron chi connectivity index (χ3n) is 7.09. The van der Waals surface area contributed by atoms with Crippen molar-refractivity contribution >= 4 is 34.5 Å². The number of hydrogen-bond donors (Lipinski definition) is 1. The van der Waals surface area contributed by atoms with Crippen LogP contribution in [0.25, 0.3) is 0 Å². The highest BCUT2D eigenvalue weighted by Crippen LogP contribution is 2.69. The van der Waals surface area contributed by atoms with Gasteiger partial charge in [-0.25, -0.2) is 0 Å². The molecule has 2 atom stereocenters. The van der Waals surface area contributed by atoms with Gasteiger partial charge in [0.2, 0.25) is 17.5 Å². The predicted octanol–water partition coefficient (Wildman–Crippen LogP) is 5.01. The molecule has 0 aliphatic heterocycles. The molecule has 0 spiro atoms. The SMILES string of the molecule is CC12CCC(C(=O)Nc3ccc(N=Nc4ccccc4)cc3)(C(=O)C1=O)C2(C)C. The van der Waals surface area contributed by atoms with E-state index in [1.165, 1.54) is 0 Å². The van der Waals surface area contributed by atoms with Gasteiger partial charge in [0.1, 0.15) is 5.41 Å². The fourth-order valence-corrected chi connectivity index (χ4v) is 4.73. The Balaban J connectivity index is 1.53. The molecule has 1 amide bonds. The van der Waals surface area contributed by atoms with Crippen LogP contribution in [0.5, 0.6) is 0 Å². The third-order valence-corrected chi connectivity index (χ3v) is 7.09. The zero-order valence-corrected chi connectivity index (χ0v) is 16.7. The number of fused-ring (bicyclic) bond motifs is 2.